The van der Waals surface area contributed by atoms with Crippen LogP contribution in [0.1, 0.15) is 19.3 Å². The number of ether oxygens (including phenoxy) is 2. The fourth-order valence-corrected chi connectivity index (χ4v) is 1.53. The number of methoxy groups -OCH3 is 1. The van der Waals surface area contributed by atoms with Gasteiger partial charge in [0.15, 0.2) is 0 Å². The summed E-state index contributed by atoms with van der Waals surface area (Å²) in [6.07, 6.45) is 8.25. The first-order chi connectivity index (χ1) is 8.27. The van der Waals surface area contributed by atoms with Crippen LogP contribution in [0.15, 0.2) is 29.6 Å². The molecule has 0 aromatic heterocycles. The number of carbonyl (C=O) groups is 1. The molecule has 1 heterocycles. The second-order valence-corrected chi connectivity index (χ2v) is 3.55. The standard InChI is InChI=1S/C11H15N3O3/c1-16-11(15)7-4-5-9(13-14-12)10-6-2-3-8-17-10/h2-3,6,8-10H,4-5,7H2,1H3. The van der Waals surface area contributed by atoms with Crippen molar-refractivity contribution in [1.29, 1.82) is 0 Å². The second-order valence-electron chi connectivity index (χ2n) is 3.55. The maximum atomic E-state index is 10.9. The van der Waals surface area contributed by atoms with Gasteiger partial charge in [0.25, 0.3) is 0 Å². The van der Waals surface area contributed by atoms with E-state index >= 15 is 0 Å². The lowest BCUT2D eigenvalue weighted by molar-refractivity contribution is -0.140. The zero-order chi connectivity index (χ0) is 12.5. The molecule has 1 aliphatic heterocycles. The van der Waals surface area contributed by atoms with Gasteiger partial charge in [0.1, 0.15) is 6.10 Å². The molecule has 6 heteroatoms. The summed E-state index contributed by atoms with van der Waals surface area (Å²) in [6, 6.07) is -0.300. The molecular formula is C11H15N3O3. The molecule has 2 unspecified atom stereocenters. The molecule has 0 aliphatic carbocycles. The highest BCUT2D eigenvalue weighted by molar-refractivity contribution is 5.68. The Hall–Kier alpha value is -1.94. The Morgan fingerprint density at radius 3 is 3.06 bits per heavy atom. The van der Waals surface area contributed by atoms with Crippen LogP contribution in [0.25, 0.3) is 10.4 Å². The van der Waals surface area contributed by atoms with E-state index in [0.29, 0.717) is 19.3 Å². The van der Waals surface area contributed by atoms with Crippen molar-refractivity contribution in [2.75, 3.05) is 7.11 Å². The number of carbonyl (C=O) groups excluding carboxylic acids is 1. The summed E-state index contributed by atoms with van der Waals surface area (Å²) in [7, 11) is 1.35. The number of esters is 1. The molecule has 0 saturated heterocycles. The van der Waals surface area contributed by atoms with Gasteiger partial charge in [-0.3, -0.25) is 4.79 Å². The van der Waals surface area contributed by atoms with Crippen molar-refractivity contribution in [3.63, 3.8) is 0 Å². The zero-order valence-corrected chi connectivity index (χ0v) is 9.65. The maximum Gasteiger partial charge on any atom is 0.305 e. The molecule has 0 radical (unpaired) electrons. The van der Waals surface area contributed by atoms with Crippen molar-refractivity contribution in [3.8, 4) is 0 Å². The number of allylic oxidation sites excluding steroid dienone is 2. The van der Waals surface area contributed by atoms with Gasteiger partial charge >= 0.3 is 5.97 Å². The van der Waals surface area contributed by atoms with Gasteiger partial charge in [-0.25, -0.2) is 0 Å². The molecule has 0 aromatic rings. The molecule has 0 N–H and O–H groups in total. The van der Waals surface area contributed by atoms with Crippen molar-refractivity contribution in [1.82, 2.24) is 0 Å². The fraction of sp³-hybridized carbons (Fsp3) is 0.545. The van der Waals surface area contributed by atoms with Crippen LogP contribution >= 0.6 is 0 Å². The predicted octanol–water partition coefficient (Wildman–Crippen LogP) is 2.48. The summed E-state index contributed by atoms with van der Waals surface area (Å²) in [5, 5.41) is 3.69. The molecule has 1 rings (SSSR count). The number of nitrogens with zero attached hydrogens (tertiary/aromatic N) is 3. The molecule has 92 valence electrons. The van der Waals surface area contributed by atoms with E-state index in [1.165, 1.54) is 7.11 Å². The van der Waals surface area contributed by atoms with Crippen molar-refractivity contribution < 1.29 is 14.3 Å². The topological polar surface area (TPSA) is 84.3 Å². The summed E-state index contributed by atoms with van der Waals surface area (Å²) in [5.74, 6) is -0.260. The average molecular weight is 237 g/mol. The molecule has 6 nitrogen and oxygen atoms in total. The van der Waals surface area contributed by atoms with Gasteiger partial charge < -0.3 is 9.47 Å². The van der Waals surface area contributed by atoms with Gasteiger partial charge in [0.05, 0.1) is 19.4 Å². The van der Waals surface area contributed by atoms with Gasteiger partial charge in [-0.2, -0.15) is 0 Å². The van der Waals surface area contributed by atoms with E-state index in [4.69, 9.17) is 10.3 Å². The van der Waals surface area contributed by atoms with E-state index < -0.39 is 0 Å². The molecule has 0 fully saturated rings. The van der Waals surface area contributed by atoms with Crippen LogP contribution in [0.3, 0.4) is 0 Å². The Balaban J connectivity index is 2.43. The number of hydrogen-bond acceptors (Lipinski definition) is 4. The Labute approximate surface area is 99.5 Å². The van der Waals surface area contributed by atoms with E-state index in [1.807, 2.05) is 12.2 Å². The Bertz CT molecular complexity index is 359. The van der Waals surface area contributed by atoms with Crippen LogP contribution in [0.4, 0.5) is 0 Å². The Kier molecular flexibility index (Phi) is 5.68. The summed E-state index contributed by atoms with van der Waals surface area (Å²) in [5.41, 5.74) is 8.49. The molecule has 0 amide bonds. The molecular weight excluding hydrogens is 222 g/mol. The first-order valence-electron chi connectivity index (χ1n) is 5.37. The van der Waals surface area contributed by atoms with Crippen LogP contribution < -0.4 is 0 Å². The van der Waals surface area contributed by atoms with Crippen LogP contribution in [-0.4, -0.2) is 25.2 Å². The minimum atomic E-state index is -0.300. The van der Waals surface area contributed by atoms with Gasteiger partial charge in [-0.15, -0.1) is 0 Å². The van der Waals surface area contributed by atoms with Crippen molar-refractivity contribution >= 4 is 5.97 Å². The molecule has 2 atom stereocenters. The van der Waals surface area contributed by atoms with Crippen LogP contribution in [0, 0.1) is 0 Å². The minimum Gasteiger partial charge on any atom is -0.494 e. The Morgan fingerprint density at radius 1 is 1.65 bits per heavy atom. The molecule has 17 heavy (non-hydrogen) atoms. The number of azide groups is 1. The smallest absolute Gasteiger partial charge is 0.305 e. The largest absolute Gasteiger partial charge is 0.494 e. The highest BCUT2D eigenvalue weighted by atomic mass is 16.5. The minimum absolute atomic E-state index is 0.256. The highest BCUT2D eigenvalue weighted by Crippen LogP contribution is 2.16. The van der Waals surface area contributed by atoms with Gasteiger partial charge in [0.2, 0.25) is 0 Å². The SMILES string of the molecule is COC(=O)CCCC(N=[N+]=[N-])C1C=CC=CO1. The summed E-state index contributed by atoms with van der Waals surface area (Å²) >= 11 is 0. The second kappa shape index (κ2) is 7.35. The molecule has 0 aromatic carbocycles. The molecule has 0 spiro atoms. The summed E-state index contributed by atoms with van der Waals surface area (Å²) in [6.45, 7) is 0. The van der Waals surface area contributed by atoms with Crippen molar-refractivity contribution in [2.45, 2.75) is 31.4 Å². The number of rotatable bonds is 6. The zero-order valence-electron chi connectivity index (χ0n) is 9.65. The molecule has 0 saturated carbocycles. The average Bonchev–Trinajstić information content (AvgIpc) is 2.38. The lowest BCUT2D eigenvalue weighted by Crippen LogP contribution is -2.24. The Morgan fingerprint density at radius 2 is 2.47 bits per heavy atom. The van der Waals surface area contributed by atoms with Crippen molar-refractivity contribution in [3.05, 3.63) is 34.9 Å². The fourth-order valence-electron chi connectivity index (χ4n) is 1.53. The van der Waals surface area contributed by atoms with Crippen LogP contribution in [0.2, 0.25) is 0 Å². The maximum absolute atomic E-state index is 10.9. The van der Waals surface area contributed by atoms with Gasteiger partial charge in [-0.05, 0) is 30.5 Å². The monoisotopic (exact) mass is 237 g/mol. The third-order valence-corrected chi connectivity index (χ3v) is 2.41. The molecule has 0 bridgehead atoms. The first kappa shape index (κ1) is 13.1. The summed E-state index contributed by atoms with van der Waals surface area (Å²) < 4.78 is 9.87. The molecule has 1 aliphatic rings. The van der Waals surface area contributed by atoms with Gasteiger partial charge in [0, 0.05) is 11.3 Å². The third-order valence-electron chi connectivity index (χ3n) is 2.41. The van der Waals surface area contributed by atoms with Crippen molar-refractivity contribution in [2.24, 2.45) is 5.11 Å². The van der Waals surface area contributed by atoms with Gasteiger partial charge in [-0.1, -0.05) is 11.2 Å². The van der Waals surface area contributed by atoms with Crippen LogP contribution in [0.5, 0.6) is 0 Å². The quantitative estimate of drug-likeness (QED) is 0.308. The van der Waals surface area contributed by atoms with Crippen LogP contribution in [-0.2, 0) is 14.3 Å². The third kappa shape index (κ3) is 4.61. The van der Waals surface area contributed by atoms with E-state index in [9.17, 15) is 4.79 Å². The lowest BCUT2D eigenvalue weighted by Gasteiger charge is -2.21. The van der Waals surface area contributed by atoms with E-state index in [2.05, 4.69) is 14.8 Å². The predicted molar refractivity (Wildman–Crippen MR) is 62.0 cm³/mol. The highest BCUT2D eigenvalue weighted by Gasteiger charge is 2.19. The number of hydrogen-bond donors (Lipinski definition) is 0. The lowest BCUT2D eigenvalue weighted by atomic mass is 10.0. The van der Waals surface area contributed by atoms with E-state index in [1.54, 1.807) is 12.3 Å². The van der Waals surface area contributed by atoms with E-state index in [-0.39, 0.29) is 18.1 Å². The normalized spacial score (nSPS) is 19.0. The van der Waals surface area contributed by atoms with E-state index in [0.717, 1.165) is 0 Å². The summed E-state index contributed by atoms with van der Waals surface area (Å²) in [4.78, 5) is 13.7. The first-order valence-corrected chi connectivity index (χ1v) is 5.37.